The van der Waals surface area contributed by atoms with Crippen molar-refractivity contribution < 1.29 is 9.53 Å². The summed E-state index contributed by atoms with van der Waals surface area (Å²) >= 11 is 1.45. The number of thiophene rings is 1. The first-order valence-corrected chi connectivity index (χ1v) is 5.13. The van der Waals surface area contributed by atoms with E-state index in [2.05, 4.69) is 10.0 Å². The summed E-state index contributed by atoms with van der Waals surface area (Å²) in [5.74, 6) is -0.608. The Bertz CT molecular complexity index is 405. The molecule has 0 saturated carbocycles. The molecular weight excluding hydrogens is 214 g/mol. The molecule has 0 unspecified atom stereocenters. The van der Waals surface area contributed by atoms with Crippen molar-refractivity contribution >= 4 is 23.4 Å². The van der Waals surface area contributed by atoms with E-state index in [1.807, 2.05) is 17.5 Å². The average Bonchev–Trinajstić information content (AvgIpc) is 2.70. The lowest BCUT2D eigenvalue weighted by molar-refractivity contribution is -0.138. The van der Waals surface area contributed by atoms with Crippen molar-refractivity contribution in [3.63, 3.8) is 0 Å². The number of nitrogens with zero attached hydrogens (tertiary/aromatic N) is 3. The molecule has 1 rings (SSSR count). The van der Waals surface area contributed by atoms with E-state index in [9.17, 15) is 4.79 Å². The van der Waals surface area contributed by atoms with Crippen molar-refractivity contribution in [3.8, 4) is 0 Å². The van der Waals surface area contributed by atoms with Crippen LogP contribution in [0.4, 0.5) is 0 Å². The van der Waals surface area contributed by atoms with Crippen molar-refractivity contribution in [2.24, 2.45) is 5.11 Å². The third-order valence-corrected chi connectivity index (χ3v) is 2.28. The summed E-state index contributed by atoms with van der Waals surface area (Å²) in [6.07, 6.45) is 1.50. The van der Waals surface area contributed by atoms with Crippen LogP contribution in [0.25, 0.3) is 16.5 Å². The molecule has 0 amide bonds. The summed E-state index contributed by atoms with van der Waals surface area (Å²) in [6, 6.07) is 3.66. The SMILES string of the molecule is CCOC(=O)/C(=C\c1cccs1)N=[N+]=[N-]. The summed E-state index contributed by atoms with van der Waals surface area (Å²) in [5, 5.41) is 5.16. The monoisotopic (exact) mass is 223 g/mol. The standard InChI is InChI=1S/C9H9N3O2S/c1-2-14-9(13)8(11-12-10)6-7-4-3-5-15-7/h3-6H,2H2,1H3/b8-6+. The molecular formula is C9H9N3O2S. The van der Waals surface area contributed by atoms with Gasteiger partial charge in [-0.15, -0.1) is 11.3 Å². The van der Waals surface area contributed by atoms with E-state index >= 15 is 0 Å². The lowest BCUT2D eigenvalue weighted by atomic mass is 10.3. The second-order valence-corrected chi connectivity index (χ2v) is 3.43. The smallest absolute Gasteiger partial charge is 0.340 e. The van der Waals surface area contributed by atoms with Crippen molar-refractivity contribution in [2.75, 3.05) is 6.61 Å². The zero-order chi connectivity index (χ0) is 11.1. The van der Waals surface area contributed by atoms with E-state index in [0.717, 1.165) is 4.88 Å². The maximum absolute atomic E-state index is 11.3. The third-order valence-electron chi connectivity index (χ3n) is 1.46. The molecule has 0 aromatic carbocycles. The number of ether oxygens (including phenoxy) is 1. The van der Waals surface area contributed by atoms with Gasteiger partial charge in [-0.2, -0.15) is 0 Å². The Labute approximate surface area is 90.6 Å². The molecule has 0 aliphatic carbocycles. The zero-order valence-electron chi connectivity index (χ0n) is 8.08. The normalized spacial score (nSPS) is 10.6. The van der Waals surface area contributed by atoms with Crippen LogP contribution in [0, 0.1) is 0 Å². The van der Waals surface area contributed by atoms with Crippen molar-refractivity contribution in [1.29, 1.82) is 0 Å². The number of azide groups is 1. The van der Waals surface area contributed by atoms with Crippen LogP contribution in [0.1, 0.15) is 11.8 Å². The highest BCUT2D eigenvalue weighted by atomic mass is 32.1. The van der Waals surface area contributed by atoms with E-state index in [1.54, 1.807) is 6.92 Å². The van der Waals surface area contributed by atoms with Gasteiger partial charge >= 0.3 is 5.97 Å². The Morgan fingerprint density at radius 3 is 3.13 bits per heavy atom. The second-order valence-electron chi connectivity index (χ2n) is 2.45. The van der Waals surface area contributed by atoms with Gasteiger partial charge in [0.15, 0.2) is 0 Å². The van der Waals surface area contributed by atoms with Crippen LogP contribution < -0.4 is 0 Å². The van der Waals surface area contributed by atoms with Crippen molar-refractivity contribution in [1.82, 2.24) is 0 Å². The first kappa shape index (κ1) is 11.3. The van der Waals surface area contributed by atoms with Crippen molar-refractivity contribution in [2.45, 2.75) is 6.92 Å². The largest absolute Gasteiger partial charge is 0.462 e. The van der Waals surface area contributed by atoms with Gasteiger partial charge in [-0.3, -0.25) is 0 Å². The quantitative estimate of drug-likeness (QED) is 0.259. The molecule has 0 N–H and O–H groups in total. The van der Waals surface area contributed by atoms with E-state index in [4.69, 9.17) is 10.3 Å². The molecule has 78 valence electrons. The Hall–Kier alpha value is -1.78. The number of carbonyl (C=O) groups is 1. The average molecular weight is 223 g/mol. The summed E-state index contributed by atoms with van der Waals surface area (Å²) in [4.78, 5) is 14.7. The Kier molecular flexibility index (Phi) is 4.40. The first-order chi connectivity index (χ1) is 7.27. The number of esters is 1. The first-order valence-electron chi connectivity index (χ1n) is 4.25. The third kappa shape index (κ3) is 3.46. The Morgan fingerprint density at radius 1 is 1.80 bits per heavy atom. The highest BCUT2D eigenvalue weighted by Crippen LogP contribution is 2.15. The number of rotatable bonds is 4. The summed E-state index contributed by atoms with van der Waals surface area (Å²) < 4.78 is 4.74. The minimum absolute atomic E-state index is 0.0261. The fraction of sp³-hybridized carbons (Fsp3) is 0.222. The van der Waals surface area contributed by atoms with Crippen LogP contribution in [0.2, 0.25) is 0 Å². The van der Waals surface area contributed by atoms with Crippen LogP contribution in [0.5, 0.6) is 0 Å². The molecule has 0 bridgehead atoms. The highest BCUT2D eigenvalue weighted by Gasteiger charge is 2.08. The van der Waals surface area contributed by atoms with Crippen LogP contribution in [-0.4, -0.2) is 12.6 Å². The van der Waals surface area contributed by atoms with Gasteiger partial charge in [0.25, 0.3) is 0 Å². The second kappa shape index (κ2) is 5.85. The lowest BCUT2D eigenvalue weighted by Crippen LogP contribution is -2.05. The summed E-state index contributed by atoms with van der Waals surface area (Å²) in [7, 11) is 0. The van der Waals surface area contributed by atoms with Crippen LogP contribution in [-0.2, 0) is 9.53 Å². The van der Waals surface area contributed by atoms with Crippen molar-refractivity contribution in [3.05, 3.63) is 38.5 Å². The van der Waals surface area contributed by atoms with Crippen LogP contribution in [0.3, 0.4) is 0 Å². The fourth-order valence-electron chi connectivity index (χ4n) is 0.890. The number of carbonyl (C=O) groups excluding carboxylic acids is 1. The Morgan fingerprint density at radius 2 is 2.60 bits per heavy atom. The molecule has 0 aliphatic rings. The van der Waals surface area contributed by atoms with Crippen LogP contribution in [0.15, 0.2) is 28.3 Å². The van der Waals surface area contributed by atoms with Gasteiger partial charge in [-0.1, -0.05) is 11.2 Å². The van der Waals surface area contributed by atoms with Gasteiger partial charge in [0.05, 0.1) is 6.61 Å². The molecule has 0 radical (unpaired) electrons. The number of hydrogen-bond donors (Lipinski definition) is 0. The molecule has 0 fully saturated rings. The topological polar surface area (TPSA) is 75.1 Å². The molecule has 0 atom stereocenters. The molecule has 5 nitrogen and oxygen atoms in total. The molecule has 0 saturated heterocycles. The maximum atomic E-state index is 11.3. The van der Waals surface area contributed by atoms with Gasteiger partial charge in [-0.25, -0.2) is 4.79 Å². The molecule has 15 heavy (non-hydrogen) atoms. The van der Waals surface area contributed by atoms with Crippen LogP contribution >= 0.6 is 11.3 Å². The highest BCUT2D eigenvalue weighted by molar-refractivity contribution is 7.10. The molecule has 0 spiro atoms. The zero-order valence-corrected chi connectivity index (χ0v) is 8.90. The molecule has 6 heteroatoms. The summed E-state index contributed by atoms with van der Waals surface area (Å²) in [6.45, 7) is 1.94. The molecule has 1 aromatic heterocycles. The lowest BCUT2D eigenvalue weighted by Gasteiger charge is -1.99. The fourth-order valence-corrected chi connectivity index (χ4v) is 1.54. The van der Waals surface area contributed by atoms with Gasteiger partial charge in [-0.05, 0) is 30.0 Å². The van der Waals surface area contributed by atoms with E-state index < -0.39 is 5.97 Å². The minimum atomic E-state index is -0.608. The predicted molar refractivity (Wildman–Crippen MR) is 58.1 cm³/mol. The van der Waals surface area contributed by atoms with E-state index in [-0.39, 0.29) is 12.3 Å². The molecule has 1 heterocycles. The van der Waals surface area contributed by atoms with E-state index in [1.165, 1.54) is 17.4 Å². The molecule has 0 aliphatic heterocycles. The van der Waals surface area contributed by atoms with Gasteiger partial charge in [0.1, 0.15) is 5.70 Å². The van der Waals surface area contributed by atoms with E-state index in [0.29, 0.717) is 0 Å². The van der Waals surface area contributed by atoms with Gasteiger partial charge in [0, 0.05) is 9.79 Å². The maximum Gasteiger partial charge on any atom is 0.340 e. The number of hydrogen-bond acceptors (Lipinski definition) is 4. The summed E-state index contributed by atoms with van der Waals surface area (Å²) in [5.41, 5.74) is 8.27. The Balaban J connectivity index is 2.92. The van der Waals surface area contributed by atoms with Gasteiger partial charge < -0.3 is 4.74 Å². The molecule has 1 aromatic rings. The van der Waals surface area contributed by atoms with Gasteiger partial charge in [0.2, 0.25) is 0 Å². The predicted octanol–water partition coefficient (Wildman–Crippen LogP) is 2.96. The minimum Gasteiger partial charge on any atom is -0.462 e.